The summed E-state index contributed by atoms with van der Waals surface area (Å²) in [4.78, 5) is 0. The molecule has 0 nitrogen and oxygen atoms in total. The van der Waals surface area contributed by atoms with Gasteiger partial charge in [0.05, 0.1) is 0 Å². The monoisotopic (exact) mass is 256 g/mol. The Balaban J connectivity index is 2.12. The summed E-state index contributed by atoms with van der Waals surface area (Å²) in [5, 5.41) is 4.37. The van der Waals surface area contributed by atoms with Crippen molar-refractivity contribution in [3.8, 4) is 0 Å². The number of hydrogen-bond acceptors (Lipinski definition) is 2. The molecule has 0 saturated heterocycles. The first-order chi connectivity index (χ1) is 8.42. The highest BCUT2D eigenvalue weighted by molar-refractivity contribution is 8.23. The minimum Gasteiger partial charge on any atom is -0.106 e. The maximum Gasteiger partial charge on any atom is 0.119 e. The van der Waals surface area contributed by atoms with Crippen molar-refractivity contribution in [2.24, 2.45) is 0 Å². The van der Waals surface area contributed by atoms with Gasteiger partial charge < -0.3 is 0 Å². The highest BCUT2D eigenvalue weighted by atomic mass is 32.2. The number of hydrogen-bond donors (Lipinski definition) is 0. The lowest BCUT2D eigenvalue weighted by Gasteiger charge is -2.28. The molecule has 0 N–H and O–H groups in total. The zero-order valence-electron chi connectivity index (χ0n) is 9.24. The van der Waals surface area contributed by atoms with Crippen LogP contribution in [0, 0.1) is 0 Å². The molecule has 0 amide bonds. The average molecular weight is 256 g/mol. The third-order valence-electron chi connectivity index (χ3n) is 2.83. The van der Waals surface area contributed by atoms with Crippen molar-refractivity contribution >= 4 is 23.5 Å². The fourth-order valence-electron chi connectivity index (χ4n) is 2.03. The summed E-state index contributed by atoms with van der Waals surface area (Å²) < 4.78 is 0.00250. The standard InChI is InChI=1S/C15H12S2/c1-3-7-13(8-4-1)15(16-11-12-17-15)14-9-5-2-6-10-14/h1-12H. The summed E-state index contributed by atoms with van der Waals surface area (Å²) in [5.74, 6) is 0. The molecular weight excluding hydrogens is 244 g/mol. The van der Waals surface area contributed by atoms with Gasteiger partial charge in [0.25, 0.3) is 0 Å². The van der Waals surface area contributed by atoms with E-state index in [1.54, 1.807) is 0 Å². The maximum absolute atomic E-state index is 2.21. The zero-order chi connectivity index (χ0) is 11.6. The molecule has 0 fully saturated rings. The first-order valence-corrected chi connectivity index (χ1v) is 7.29. The Kier molecular flexibility index (Phi) is 3.00. The molecule has 0 spiro atoms. The molecule has 1 aliphatic heterocycles. The molecule has 0 atom stereocenters. The van der Waals surface area contributed by atoms with Gasteiger partial charge in [-0.15, -0.1) is 23.5 Å². The van der Waals surface area contributed by atoms with Crippen molar-refractivity contribution in [3.05, 3.63) is 82.6 Å². The molecule has 1 heterocycles. The van der Waals surface area contributed by atoms with Gasteiger partial charge in [-0.3, -0.25) is 0 Å². The summed E-state index contributed by atoms with van der Waals surface area (Å²) in [5.41, 5.74) is 2.71. The normalized spacial score (nSPS) is 17.2. The van der Waals surface area contributed by atoms with Crippen LogP contribution in [-0.2, 0) is 4.08 Å². The van der Waals surface area contributed by atoms with E-state index in [-0.39, 0.29) is 4.08 Å². The summed E-state index contributed by atoms with van der Waals surface area (Å²) in [6.45, 7) is 0. The predicted octanol–water partition coefficient (Wildman–Crippen LogP) is 4.84. The molecule has 0 saturated carbocycles. The molecule has 84 valence electrons. The van der Waals surface area contributed by atoms with Gasteiger partial charge in [-0.05, 0) is 21.9 Å². The second-order valence-electron chi connectivity index (χ2n) is 3.86. The van der Waals surface area contributed by atoms with Crippen LogP contribution >= 0.6 is 23.5 Å². The Morgan fingerprint density at radius 1 is 0.588 bits per heavy atom. The maximum atomic E-state index is 2.21. The van der Waals surface area contributed by atoms with Crippen LogP contribution < -0.4 is 0 Å². The van der Waals surface area contributed by atoms with Crippen LogP contribution in [0.5, 0.6) is 0 Å². The lowest BCUT2D eigenvalue weighted by atomic mass is 10.0. The Hall–Kier alpha value is -1.12. The molecule has 1 aliphatic rings. The van der Waals surface area contributed by atoms with E-state index in [2.05, 4.69) is 71.5 Å². The summed E-state index contributed by atoms with van der Waals surface area (Å²) in [6.07, 6.45) is 0. The first kappa shape index (κ1) is 11.0. The van der Waals surface area contributed by atoms with Crippen LogP contribution in [-0.4, -0.2) is 0 Å². The molecule has 2 aromatic rings. The van der Waals surface area contributed by atoms with E-state index in [4.69, 9.17) is 0 Å². The number of rotatable bonds is 2. The van der Waals surface area contributed by atoms with Crippen molar-refractivity contribution in [1.29, 1.82) is 0 Å². The molecule has 0 unspecified atom stereocenters. The predicted molar refractivity (Wildman–Crippen MR) is 78.0 cm³/mol. The Labute approximate surface area is 110 Å². The van der Waals surface area contributed by atoms with E-state index >= 15 is 0 Å². The number of thioether (sulfide) groups is 2. The van der Waals surface area contributed by atoms with Gasteiger partial charge in [0.15, 0.2) is 0 Å². The van der Waals surface area contributed by atoms with Crippen LogP contribution in [0.25, 0.3) is 0 Å². The Morgan fingerprint density at radius 2 is 1.00 bits per heavy atom. The molecule has 0 aliphatic carbocycles. The van der Waals surface area contributed by atoms with E-state index in [1.165, 1.54) is 11.1 Å². The zero-order valence-corrected chi connectivity index (χ0v) is 10.9. The minimum atomic E-state index is 0.00250. The van der Waals surface area contributed by atoms with Gasteiger partial charge in [-0.25, -0.2) is 0 Å². The smallest absolute Gasteiger partial charge is 0.106 e. The fraction of sp³-hybridized carbons (Fsp3) is 0.0667. The third kappa shape index (κ3) is 1.92. The van der Waals surface area contributed by atoms with Crippen molar-refractivity contribution in [1.82, 2.24) is 0 Å². The lowest BCUT2D eigenvalue weighted by molar-refractivity contribution is 1.09. The van der Waals surface area contributed by atoms with E-state index in [1.807, 2.05) is 23.5 Å². The van der Waals surface area contributed by atoms with Crippen LogP contribution in [0.2, 0.25) is 0 Å². The van der Waals surface area contributed by atoms with Crippen LogP contribution in [0.3, 0.4) is 0 Å². The second kappa shape index (κ2) is 4.63. The van der Waals surface area contributed by atoms with Gasteiger partial charge in [0, 0.05) is 0 Å². The van der Waals surface area contributed by atoms with Crippen molar-refractivity contribution in [2.75, 3.05) is 0 Å². The quantitative estimate of drug-likeness (QED) is 0.754. The summed E-state index contributed by atoms with van der Waals surface area (Å²) in [6, 6.07) is 21.4. The van der Waals surface area contributed by atoms with Crippen molar-refractivity contribution in [3.63, 3.8) is 0 Å². The van der Waals surface area contributed by atoms with E-state index in [9.17, 15) is 0 Å². The topological polar surface area (TPSA) is 0 Å². The van der Waals surface area contributed by atoms with Gasteiger partial charge in [-0.1, -0.05) is 60.7 Å². The molecule has 0 radical (unpaired) electrons. The number of benzene rings is 2. The first-order valence-electron chi connectivity index (χ1n) is 5.53. The fourth-order valence-corrected chi connectivity index (χ4v) is 4.50. The van der Waals surface area contributed by atoms with E-state index < -0.39 is 0 Å². The Morgan fingerprint density at radius 3 is 1.41 bits per heavy atom. The van der Waals surface area contributed by atoms with Gasteiger partial charge >= 0.3 is 0 Å². The molecule has 17 heavy (non-hydrogen) atoms. The molecule has 3 rings (SSSR count). The second-order valence-corrected chi connectivity index (χ2v) is 6.36. The van der Waals surface area contributed by atoms with E-state index in [0.29, 0.717) is 0 Å². The van der Waals surface area contributed by atoms with Gasteiger partial charge in [-0.2, -0.15) is 0 Å². The van der Waals surface area contributed by atoms with Crippen molar-refractivity contribution < 1.29 is 0 Å². The van der Waals surface area contributed by atoms with Crippen LogP contribution in [0.4, 0.5) is 0 Å². The van der Waals surface area contributed by atoms with Crippen molar-refractivity contribution in [2.45, 2.75) is 4.08 Å². The molecule has 2 heteroatoms. The van der Waals surface area contributed by atoms with Crippen LogP contribution in [0.15, 0.2) is 71.5 Å². The average Bonchev–Trinajstić information content (AvgIpc) is 2.91. The van der Waals surface area contributed by atoms with Gasteiger partial charge in [0.1, 0.15) is 4.08 Å². The summed E-state index contributed by atoms with van der Waals surface area (Å²) >= 11 is 3.76. The molecule has 2 aromatic carbocycles. The highest BCUT2D eigenvalue weighted by Gasteiger charge is 2.36. The molecule has 0 bridgehead atoms. The van der Waals surface area contributed by atoms with Gasteiger partial charge in [0.2, 0.25) is 0 Å². The SMILES string of the molecule is C1=CSC(c2ccccc2)(c2ccccc2)S1. The summed E-state index contributed by atoms with van der Waals surface area (Å²) in [7, 11) is 0. The Bertz CT molecular complexity index is 468. The van der Waals surface area contributed by atoms with E-state index in [0.717, 1.165) is 0 Å². The van der Waals surface area contributed by atoms with Crippen LogP contribution in [0.1, 0.15) is 11.1 Å². The minimum absolute atomic E-state index is 0.00250. The third-order valence-corrected chi connectivity index (χ3v) is 5.73. The molecule has 0 aromatic heterocycles. The molecular formula is C15H12S2. The lowest BCUT2D eigenvalue weighted by Crippen LogP contribution is -2.15. The largest absolute Gasteiger partial charge is 0.119 e. The highest BCUT2D eigenvalue weighted by Crippen LogP contribution is 2.56.